The molecule has 0 amide bonds. The number of rotatable bonds is 5. The molecule has 0 radical (unpaired) electrons. The molecule has 1 aromatic rings. The lowest BCUT2D eigenvalue weighted by Crippen LogP contribution is -2.45. The van der Waals surface area contributed by atoms with Gasteiger partial charge in [-0.3, -0.25) is 4.79 Å². The maximum Gasteiger partial charge on any atom is 0.307 e. The molecule has 4 nitrogen and oxygen atoms in total. The van der Waals surface area contributed by atoms with Crippen LogP contribution >= 0.6 is 0 Å². The number of aliphatic hydroxyl groups excluding tert-OH is 1. The Bertz CT molecular complexity index is 410. The summed E-state index contributed by atoms with van der Waals surface area (Å²) in [7, 11) is 0. The molecule has 1 aromatic carbocycles. The Morgan fingerprint density at radius 3 is 2.59 bits per heavy atom. The van der Waals surface area contributed by atoms with E-state index in [1.807, 2.05) is 12.1 Å². The zero-order valence-electron chi connectivity index (χ0n) is 9.56. The van der Waals surface area contributed by atoms with Crippen LogP contribution in [0.4, 0.5) is 0 Å². The highest BCUT2D eigenvalue weighted by Gasteiger charge is 2.41. The first-order valence-corrected chi connectivity index (χ1v) is 5.75. The van der Waals surface area contributed by atoms with Crippen LogP contribution in [0.5, 0.6) is 5.75 Å². The number of carboxylic acids is 1. The molecular weight excluding hydrogens is 220 g/mol. The normalized spacial score (nSPS) is 17.2. The minimum Gasteiger partial charge on any atom is -0.486 e. The fourth-order valence-electron chi connectivity index (χ4n) is 2.13. The highest BCUT2D eigenvalue weighted by Crippen LogP contribution is 2.40. The van der Waals surface area contributed by atoms with Crippen LogP contribution in [0.15, 0.2) is 24.3 Å². The Labute approximate surface area is 99.8 Å². The van der Waals surface area contributed by atoms with Crippen LogP contribution in [0, 0.1) is 0 Å². The molecule has 0 aromatic heterocycles. The van der Waals surface area contributed by atoms with Crippen molar-refractivity contribution in [3.05, 3.63) is 29.8 Å². The molecule has 0 saturated heterocycles. The van der Waals surface area contributed by atoms with Gasteiger partial charge in [-0.1, -0.05) is 18.2 Å². The van der Waals surface area contributed by atoms with E-state index in [4.69, 9.17) is 9.84 Å². The van der Waals surface area contributed by atoms with Crippen LogP contribution in [-0.2, 0) is 11.4 Å². The molecule has 1 aliphatic rings. The molecule has 0 spiro atoms. The molecule has 92 valence electrons. The van der Waals surface area contributed by atoms with E-state index < -0.39 is 11.6 Å². The number of hydrogen-bond donors (Lipinski definition) is 2. The Morgan fingerprint density at radius 1 is 1.35 bits per heavy atom. The van der Waals surface area contributed by atoms with Crippen molar-refractivity contribution in [2.75, 3.05) is 0 Å². The third-order valence-electron chi connectivity index (χ3n) is 3.21. The number of aliphatic hydroxyl groups is 1. The number of aliphatic carboxylic acids is 1. The predicted octanol–water partition coefficient (Wildman–Crippen LogP) is 1.96. The van der Waals surface area contributed by atoms with E-state index in [1.165, 1.54) is 0 Å². The van der Waals surface area contributed by atoms with E-state index in [1.54, 1.807) is 12.1 Å². The molecule has 0 atom stereocenters. The summed E-state index contributed by atoms with van der Waals surface area (Å²) < 4.78 is 5.83. The number of ether oxygens (including phenoxy) is 1. The van der Waals surface area contributed by atoms with Crippen LogP contribution < -0.4 is 4.74 Å². The summed E-state index contributed by atoms with van der Waals surface area (Å²) in [4.78, 5) is 10.8. The van der Waals surface area contributed by atoms with Crippen molar-refractivity contribution < 1.29 is 19.7 Å². The van der Waals surface area contributed by atoms with E-state index in [0.29, 0.717) is 11.3 Å². The van der Waals surface area contributed by atoms with Gasteiger partial charge >= 0.3 is 5.97 Å². The quantitative estimate of drug-likeness (QED) is 0.820. The number of carboxylic acid groups (broad SMARTS) is 1. The van der Waals surface area contributed by atoms with Crippen molar-refractivity contribution in [1.29, 1.82) is 0 Å². The fraction of sp³-hybridized carbons (Fsp3) is 0.462. The number of benzene rings is 1. The molecule has 4 heteroatoms. The maximum atomic E-state index is 10.8. The average molecular weight is 236 g/mol. The topological polar surface area (TPSA) is 66.8 Å². The molecule has 17 heavy (non-hydrogen) atoms. The summed E-state index contributed by atoms with van der Waals surface area (Å²) in [6, 6.07) is 7.20. The zero-order valence-corrected chi connectivity index (χ0v) is 9.56. The van der Waals surface area contributed by atoms with Gasteiger partial charge in [0, 0.05) is 5.56 Å². The Balaban J connectivity index is 2.15. The van der Waals surface area contributed by atoms with Crippen LogP contribution in [0.3, 0.4) is 0 Å². The second-order valence-corrected chi connectivity index (χ2v) is 4.47. The third kappa shape index (κ3) is 2.58. The largest absolute Gasteiger partial charge is 0.486 e. The molecule has 2 N–H and O–H groups in total. The molecule has 0 heterocycles. The summed E-state index contributed by atoms with van der Waals surface area (Å²) in [6.45, 7) is -0.0979. The molecule has 1 fully saturated rings. The SMILES string of the molecule is O=C(O)CC1(Oc2ccccc2CO)CCC1. The van der Waals surface area contributed by atoms with Gasteiger partial charge in [0.25, 0.3) is 0 Å². The van der Waals surface area contributed by atoms with Crippen LogP contribution in [-0.4, -0.2) is 21.8 Å². The predicted molar refractivity (Wildman–Crippen MR) is 61.8 cm³/mol. The third-order valence-corrected chi connectivity index (χ3v) is 3.21. The first-order chi connectivity index (χ1) is 8.15. The van der Waals surface area contributed by atoms with Gasteiger partial charge in [-0.25, -0.2) is 0 Å². The van der Waals surface area contributed by atoms with Gasteiger partial charge in [-0.15, -0.1) is 0 Å². The van der Waals surface area contributed by atoms with Gasteiger partial charge < -0.3 is 14.9 Å². The van der Waals surface area contributed by atoms with Gasteiger partial charge in [0.2, 0.25) is 0 Å². The van der Waals surface area contributed by atoms with Crippen molar-refractivity contribution in [3.8, 4) is 5.75 Å². The van der Waals surface area contributed by atoms with Crippen LogP contribution in [0.2, 0.25) is 0 Å². The lowest BCUT2D eigenvalue weighted by atomic mass is 9.77. The van der Waals surface area contributed by atoms with Crippen molar-refractivity contribution in [2.45, 2.75) is 37.9 Å². The number of carbonyl (C=O) groups is 1. The molecule has 0 bridgehead atoms. The van der Waals surface area contributed by atoms with Crippen LogP contribution in [0.1, 0.15) is 31.2 Å². The van der Waals surface area contributed by atoms with E-state index >= 15 is 0 Å². The van der Waals surface area contributed by atoms with Gasteiger partial charge in [0.05, 0.1) is 13.0 Å². The minimum atomic E-state index is -0.842. The smallest absolute Gasteiger partial charge is 0.307 e. The first-order valence-electron chi connectivity index (χ1n) is 5.75. The number of para-hydroxylation sites is 1. The lowest BCUT2D eigenvalue weighted by molar-refractivity contribution is -0.144. The van der Waals surface area contributed by atoms with Crippen molar-refractivity contribution in [2.24, 2.45) is 0 Å². The van der Waals surface area contributed by atoms with Crippen molar-refractivity contribution >= 4 is 5.97 Å². The molecule has 2 rings (SSSR count). The minimum absolute atomic E-state index is 0.0206. The van der Waals surface area contributed by atoms with Gasteiger partial charge in [-0.2, -0.15) is 0 Å². The Kier molecular flexibility index (Phi) is 3.33. The average Bonchev–Trinajstić information content (AvgIpc) is 2.26. The monoisotopic (exact) mass is 236 g/mol. The van der Waals surface area contributed by atoms with E-state index in [-0.39, 0.29) is 13.0 Å². The molecule has 1 saturated carbocycles. The molecular formula is C13H16O4. The van der Waals surface area contributed by atoms with Crippen LogP contribution in [0.25, 0.3) is 0 Å². The Hall–Kier alpha value is -1.55. The summed E-state index contributed by atoms with van der Waals surface area (Å²) >= 11 is 0. The lowest BCUT2D eigenvalue weighted by Gasteiger charge is -2.41. The highest BCUT2D eigenvalue weighted by atomic mass is 16.5. The summed E-state index contributed by atoms with van der Waals surface area (Å²) in [5.41, 5.74) is 0.126. The highest BCUT2D eigenvalue weighted by molar-refractivity contribution is 5.68. The van der Waals surface area contributed by atoms with E-state index in [9.17, 15) is 9.90 Å². The zero-order chi connectivity index (χ0) is 12.3. The van der Waals surface area contributed by atoms with E-state index in [2.05, 4.69) is 0 Å². The second kappa shape index (κ2) is 4.75. The standard InChI is InChI=1S/C13H16O4/c14-9-10-4-1-2-5-11(10)17-13(6-3-7-13)8-12(15)16/h1-2,4-5,14H,3,6-9H2,(H,15,16). The molecule has 1 aliphatic carbocycles. The fourth-order valence-corrected chi connectivity index (χ4v) is 2.13. The van der Waals surface area contributed by atoms with E-state index in [0.717, 1.165) is 19.3 Å². The first kappa shape index (κ1) is 11.9. The summed E-state index contributed by atoms with van der Waals surface area (Å²) in [5, 5.41) is 18.1. The van der Waals surface area contributed by atoms with Crippen molar-refractivity contribution in [1.82, 2.24) is 0 Å². The van der Waals surface area contributed by atoms with Crippen molar-refractivity contribution in [3.63, 3.8) is 0 Å². The van der Waals surface area contributed by atoms with Gasteiger partial charge in [-0.05, 0) is 25.3 Å². The summed E-state index contributed by atoms with van der Waals surface area (Å²) in [6.07, 6.45) is 2.54. The van der Waals surface area contributed by atoms with Gasteiger partial charge in [0.1, 0.15) is 11.4 Å². The number of hydrogen-bond acceptors (Lipinski definition) is 3. The maximum absolute atomic E-state index is 10.8. The molecule has 0 unspecified atom stereocenters. The summed E-state index contributed by atoms with van der Waals surface area (Å²) in [5.74, 6) is -0.248. The van der Waals surface area contributed by atoms with Gasteiger partial charge in [0.15, 0.2) is 0 Å². The Morgan fingerprint density at radius 2 is 2.06 bits per heavy atom. The molecule has 0 aliphatic heterocycles. The second-order valence-electron chi connectivity index (χ2n) is 4.47.